The van der Waals surface area contributed by atoms with Gasteiger partial charge in [-0.15, -0.1) is 0 Å². The molecule has 7 heteroatoms. The van der Waals surface area contributed by atoms with Gasteiger partial charge in [-0.2, -0.15) is 0 Å². The highest BCUT2D eigenvalue weighted by Crippen LogP contribution is 2.22. The molecule has 0 radical (unpaired) electrons. The molecule has 0 saturated carbocycles. The number of quaternary nitrogens is 1. The first kappa shape index (κ1) is 19.9. The summed E-state index contributed by atoms with van der Waals surface area (Å²) in [6.07, 6.45) is 0. The van der Waals surface area contributed by atoms with Crippen LogP contribution < -0.4 is 10.2 Å². The number of hydrogen-bond donors (Lipinski definition) is 2. The number of carbonyl (C=O) groups is 1. The van der Waals surface area contributed by atoms with Crippen molar-refractivity contribution >= 4 is 23.2 Å². The smallest absolute Gasteiger partial charge is 0.282 e. The quantitative estimate of drug-likeness (QED) is 0.549. The number of nitro groups is 1. The van der Waals surface area contributed by atoms with Crippen molar-refractivity contribution in [3.05, 3.63) is 74.3 Å². The number of nitrogens with zero attached hydrogens (tertiary/aromatic N) is 1. The van der Waals surface area contributed by atoms with Crippen molar-refractivity contribution in [1.82, 2.24) is 5.32 Å². The van der Waals surface area contributed by atoms with Gasteiger partial charge in [0.15, 0.2) is 0 Å². The molecule has 1 amide bonds. The van der Waals surface area contributed by atoms with Gasteiger partial charge in [0.2, 0.25) is 0 Å². The van der Waals surface area contributed by atoms with Gasteiger partial charge in [0.1, 0.15) is 12.1 Å². The molecule has 2 N–H and O–H groups in total. The predicted molar refractivity (Wildman–Crippen MR) is 101 cm³/mol. The fourth-order valence-electron chi connectivity index (χ4n) is 2.79. The van der Waals surface area contributed by atoms with Crippen molar-refractivity contribution in [2.75, 3.05) is 13.1 Å². The second kappa shape index (κ2) is 9.31. The Morgan fingerprint density at radius 1 is 1.15 bits per heavy atom. The molecule has 0 bridgehead atoms. The molecule has 0 aromatic heterocycles. The standard InChI is InChI=1S/C19H22ClN3O3/c1-3-22(4-2)13-15-8-6-5-7-14(15)12-21-19(24)17-11-16(20)9-10-18(17)23(25)26/h5-11H,3-4,12-13H2,1-2H3,(H,21,24)/p+1. The van der Waals surface area contributed by atoms with Crippen LogP contribution in [0.2, 0.25) is 5.02 Å². The first-order valence-electron chi connectivity index (χ1n) is 8.58. The van der Waals surface area contributed by atoms with Crippen LogP contribution in [-0.4, -0.2) is 23.9 Å². The van der Waals surface area contributed by atoms with Crippen LogP contribution in [0.3, 0.4) is 0 Å². The van der Waals surface area contributed by atoms with Crippen LogP contribution in [-0.2, 0) is 13.1 Å². The van der Waals surface area contributed by atoms with Gasteiger partial charge in [-0.1, -0.05) is 35.9 Å². The normalized spacial score (nSPS) is 10.8. The summed E-state index contributed by atoms with van der Waals surface area (Å²) < 4.78 is 0. The van der Waals surface area contributed by atoms with Gasteiger partial charge in [0.05, 0.1) is 18.0 Å². The number of amides is 1. The van der Waals surface area contributed by atoms with Crippen molar-refractivity contribution in [2.24, 2.45) is 0 Å². The highest BCUT2D eigenvalue weighted by Gasteiger charge is 2.20. The number of rotatable bonds is 8. The van der Waals surface area contributed by atoms with E-state index in [-0.39, 0.29) is 16.3 Å². The fraction of sp³-hybridized carbons (Fsp3) is 0.316. The Balaban J connectivity index is 2.16. The van der Waals surface area contributed by atoms with Crippen LogP contribution in [0, 0.1) is 10.1 Å². The Labute approximate surface area is 157 Å². The van der Waals surface area contributed by atoms with Crippen LogP contribution >= 0.6 is 11.6 Å². The Kier molecular flexibility index (Phi) is 7.12. The highest BCUT2D eigenvalue weighted by molar-refractivity contribution is 6.31. The minimum absolute atomic E-state index is 0.0330. The summed E-state index contributed by atoms with van der Waals surface area (Å²) in [5.74, 6) is -0.510. The molecule has 2 aromatic rings. The van der Waals surface area contributed by atoms with Crippen LogP contribution in [0.25, 0.3) is 0 Å². The van der Waals surface area contributed by atoms with E-state index >= 15 is 0 Å². The average molecular weight is 377 g/mol. The van der Waals surface area contributed by atoms with Crippen molar-refractivity contribution in [3.8, 4) is 0 Å². The van der Waals surface area contributed by atoms with Gasteiger partial charge >= 0.3 is 0 Å². The molecule has 0 aliphatic carbocycles. The minimum atomic E-state index is -0.580. The lowest BCUT2D eigenvalue weighted by Crippen LogP contribution is -3.10. The van der Waals surface area contributed by atoms with E-state index < -0.39 is 10.8 Å². The predicted octanol–water partition coefficient (Wildman–Crippen LogP) is 2.60. The van der Waals surface area contributed by atoms with Crippen molar-refractivity contribution in [1.29, 1.82) is 0 Å². The monoisotopic (exact) mass is 376 g/mol. The number of benzene rings is 2. The molecule has 0 aliphatic rings. The third kappa shape index (κ3) is 5.03. The number of carbonyl (C=O) groups excluding carboxylic acids is 1. The summed E-state index contributed by atoms with van der Waals surface area (Å²) in [5.41, 5.74) is 1.87. The summed E-state index contributed by atoms with van der Waals surface area (Å²) >= 11 is 5.89. The zero-order valence-electron chi connectivity index (χ0n) is 14.9. The first-order valence-corrected chi connectivity index (χ1v) is 8.96. The molecular weight excluding hydrogens is 354 g/mol. The van der Waals surface area contributed by atoms with E-state index in [2.05, 4.69) is 25.2 Å². The lowest BCUT2D eigenvalue weighted by atomic mass is 10.1. The third-order valence-electron chi connectivity index (χ3n) is 4.40. The minimum Gasteiger partial charge on any atom is -0.348 e. The summed E-state index contributed by atoms with van der Waals surface area (Å²) in [5, 5.41) is 14.2. The number of nitrogens with one attached hydrogen (secondary N) is 2. The van der Waals surface area contributed by atoms with Gasteiger partial charge in [-0.05, 0) is 31.5 Å². The Hall–Kier alpha value is -2.44. The summed E-state index contributed by atoms with van der Waals surface area (Å²) in [7, 11) is 0. The van der Waals surface area contributed by atoms with Crippen LogP contribution in [0.4, 0.5) is 5.69 Å². The summed E-state index contributed by atoms with van der Waals surface area (Å²) in [4.78, 5) is 24.5. The van der Waals surface area contributed by atoms with Gasteiger partial charge in [-0.25, -0.2) is 0 Å². The molecule has 2 aromatic carbocycles. The van der Waals surface area contributed by atoms with E-state index in [4.69, 9.17) is 11.6 Å². The van der Waals surface area contributed by atoms with E-state index in [1.165, 1.54) is 23.1 Å². The maximum absolute atomic E-state index is 12.5. The molecule has 0 saturated heterocycles. The second-order valence-corrected chi connectivity index (χ2v) is 6.44. The van der Waals surface area contributed by atoms with Gasteiger partial charge in [0, 0.05) is 23.2 Å². The second-order valence-electron chi connectivity index (χ2n) is 6.00. The molecule has 138 valence electrons. The molecule has 26 heavy (non-hydrogen) atoms. The Morgan fingerprint density at radius 2 is 1.81 bits per heavy atom. The van der Waals surface area contributed by atoms with E-state index in [9.17, 15) is 14.9 Å². The lowest BCUT2D eigenvalue weighted by molar-refractivity contribution is -0.910. The third-order valence-corrected chi connectivity index (χ3v) is 4.63. The Morgan fingerprint density at radius 3 is 2.42 bits per heavy atom. The van der Waals surface area contributed by atoms with Crippen LogP contribution in [0.1, 0.15) is 35.3 Å². The fourth-order valence-corrected chi connectivity index (χ4v) is 2.96. The maximum atomic E-state index is 12.5. The maximum Gasteiger partial charge on any atom is 0.282 e. The zero-order chi connectivity index (χ0) is 19.1. The number of halogens is 1. The average Bonchev–Trinajstić information content (AvgIpc) is 2.64. The van der Waals surface area contributed by atoms with Gasteiger partial charge in [0.25, 0.3) is 11.6 Å². The molecule has 0 unspecified atom stereocenters. The van der Waals surface area contributed by atoms with Crippen molar-refractivity contribution in [3.63, 3.8) is 0 Å². The molecule has 2 rings (SSSR count). The molecule has 0 aliphatic heterocycles. The van der Waals surface area contributed by atoms with Crippen molar-refractivity contribution in [2.45, 2.75) is 26.9 Å². The van der Waals surface area contributed by atoms with Gasteiger partial charge in [-0.3, -0.25) is 14.9 Å². The van der Waals surface area contributed by atoms with E-state index in [1.807, 2.05) is 18.2 Å². The molecule has 0 heterocycles. The van der Waals surface area contributed by atoms with Crippen molar-refractivity contribution < 1.29 is 14.6 Å². The largest absolute Gasteiger partial charge is 0.348 e. The Bertz CT molecular complexity index is 791. The molecule has 0 atom stereocenters. The number of hydrogen-bond acceptors (Lipinski definition) is 3. The summed E-state index contributed by atoms with van der Waals surface area (Å²) in [6, 6.07) is 11.9. The number of nitro benzene ring substituents is 1. The zero-order valence-corrected chi connectivity index (χ0v) is 15.7. The van der Waals surface area contributed by atoms with Crippen LogP contribution in [0.5, 0.6) is 0 Å². The lowest BCUT2D eigenvalue weighted by Gasteiger charge is -2.18. The molecule has 0 spiro atoms. The van der Waals surface area contributed by atoms with Gasteiger partial charge < -0.3 is 10.2 Å². The van der Waals surface area contributed by atoms with E-state index in [0.717, 1.165) is 30.8 Å². The summed E-state index contributed by atoms with van der Waals surface area (Å²) in [6.45, 7) is 7.50. The molecule has 6 nitrogen and oxygen atoms in total. The first-order chi connectivity index (χ1) is 12.5. The van der Waals surface area contributed by atoms with E-state index in [1.54, 1.807) is 0 Å². The molecule has 0 fully saturated rings. The SMILES string of the molecule is CC[NH+](CC)Cc1ccccc1CNC(=O)c1cc(Cl)ccc1[N+](=O)[O-]. The highest BCUT2D eigenvalue weighted by atomic mass is 35.5. The topological polar surface area (TPSA) is 76.7 Å². The van der Waals surface area contributed by atoms with Crippen LogP contribution in [0.15, 0.2) is 42.5 Å². The molecular formula is C19H23ClN3O3+. The van der Waals surface area contributed by atoms with E-state index in [0.29, 0.717) is 6.54 Å².